The zero-order valence-corrected chi connectivity index (χ0v) is 45.5. The van der Waals surface area contributed by atoms with Crippen LogP contribution in [0.5, 0.6) is 5.75 Å². The largest absolute Gasteiger partial charge is 0.497 e. The van der Waals surface area contributed by atoms with Crippen molar-refractivity contribution in [2.75, 3.05) is 25.3 Å². The van der Waals surface area contributed by atoms with Gasteiger partial charge < -0.3 is 29.7 Å². The minimum atomic E-state index is -1.37. The first-order chi connectivity index (χ1) is 38.8. The topological polar surface area (TPSA) is 141 Å². The summed E-state index contributed by atoms with van der Waals surface area (Å²) in [5, 5.41) is 15.3. The van der Waals surface area contributed by atoms with Crippen molar-refractivity contribution in [1.82, 2.24) is 15.2 Å². The van der Waals surface area contributed by atoms with Crippen LogP contribution in [0.4, 0.5) is 5.13 Å². The molecule has 11 rings (SSSR count). The van der Waals surface area contributed by atoms with E-state index in [1.807, 2.05) is 169 Å². The molecule has 2 amide bonds. The fourth-order valence-corrected chi connectivity index (χ4v) is 13.2. The second kappa shape index (κ2) is 23.6. The molecule has 0 bridgehead atoms. The van der Waals surface area contributed by atoms with Crippen LogP contribution in [0.25, 0.3) is 5.57 Å². The summed E-state index contributed by atoms with van der Waals surface area (Å²) in [6.07, 6.45) is 0. The van der Waals surface area contributed by atoms with Crippen molar-refractivity contribution in [2.45, 2.75) is 35.8 Å². The normalized spacial score (nSPS) is 15.4. The molecule has 12 nitrogen and oxygen atoms in total. The number of ether oxygens (including phenoxy) is 3. The molecule has 2 aromatic heterocycles. The molecular formula is C64H53N5O7S3. The smallest absolute Gasteiger partial charge is 0.355 e. The first-order valence-electron chi connectivity index (χ1n) is 25.5. The Hall–Kier alpha value is -8.60. The Morgan fingerprint density at radius 3 is 1.68 bits per heavy atom. The lowest BCUT2D eigenvalue weighted by molar-refractivity contribution is -0.152. The lowest BCUT2D eigenvalue weighted by Gasteiger charge is -2.49. The summed E-state index contributed by atoms with van der Waals surface area (Å²) in [5.41, 5.74) is 5.17. The molecule has 1 fully saturated rings. The highest BCUT2D eigenvalue weighted by Gasteiger charge is 2.55. The summed E-state index contributed by atoms with van der Waals surface area (Å²) in [6, 6.07) is 67.8. The maximum Gasteiger partial charge on any atom is 0.355 e. The fraction of sp³-hybridized carbons (Fsp3) is 0.141. The third kappa shape index (κ3) is 10.4. The lowest BCUT2D eigenvalue weighted by Crippen LogP contribution is -2.71. The number of carbonyl (C=O) groups excluding carboxylic acids is 3. The number of carbonyl (C=O) groups is 3. The van der Waals surface area contributed by atoms with Gasteiger partial charge in [-0.3, -0.25) is 14.5 Å². The Bertz CT molecular complexity index is 3430. The minimum absolute atomic E-state index is 0.0436. The van der Waals surface area contributed by atoms with E-state index in [0.717, 1.165) is 49.4 Å². The summed E-state index contributed by atoms with van der Waals surface area (Å²) >= 11 is 4.25. The number of oxime groups is 1. The van der Waals surface area contributed by atoms with Crippen LogP contribution in [-0.4, -0.2) is 64.8 Å². The Kier molecular flexibility index (Phi) is 15.6. The van der Waals surface area contributed by atoms with Crippen LogP contribution in [0.15, 0.2) is 234 Å². The van der Waals surface area contributed by atoms with Gasteiger partial charge in [-0.1, -0.05) is 199 Å². The number of nitrogens with zero attached hydrogens (tertiary/aromatic N) is 3. The van der Waals surface area contributed by atoms with Crippen molar-refractivity contribution in [3.63, 3.8) is 0 Å². The van der Waals surface area contributed by atoms with Gasteiger partial charge in [0.2, 0.25) is 5.60 Å². The number of anilines is 1. The predicted octanol–water partition coefficient (Wildman–Crippen LogP) is 12.0. The molecule has 9 aromatic rings. The number of amides is 2. The predicted molar refractivity (Wildman–Crippen MR) is 312 cm³/mol. The molecule has 2 atom stereocenters. The number of benzene rings is 7. The molecule has 2 aliphatic rings. The van der Waals surface area contributed by atoms with Crippen LogP contribution in [-0.2, 0) is 53.0 Å². The van der Waals surface area contributed by atoms with Crippen LogP contribution < -0.4 is 15.4 Å². The first kappa shape index (κ1) is 52.5. The number of esters is 1. The van der Waals surface area contributed by atoms with Crippen LogP contribution >= 0.6 is 34.4 Å². The van der Waals surface area contributed by atoms with Crippen LogP contribution in [0.1, 0.15) is 55.1 Å². The lowest BCUT2D eigenvalue weighted by atomic mass is 9.77. The molecule has 0 saturated carbocycles. The highest BCUT2D eigenvalue weighted by Crippen LogP contribution is 2.46. The minimum Gasteiger partial charge on any atom is -0.497 e. The number of thiazole rings is 1. The van der Waals surface area contributed by atoms with E-state index in [1.54, 1.807) is 31.7 Å². The van der Waals surface area contributed by atoms with Crippen molar-refractivity contribution in [3.8, 4) is 5.75 Å². The molecule has 394 valence electrons. The molecule has 2 aliphatic heterocycles. The maximum atomic E-state index is 15.5. The second-order valence-electron chi connectivity index (χ2n) is 18.6. The fourth-order valence-electron chi connectivity index (χ4n) is 10.2. The molecule has 4 heterocycles. The zero-order chi connectivity index (χ0) is 54.2. The van der Waals surface area contributed by atoms with Gasteiger partial charge in [0, 0.05) is 45.4 Å². The molecule has 0 unspecified atom stereocenters. The van der Waals surface area contributed by atoms with E-state index in [1.165, 1.54) is 39.3 Å². The maximum absolute atomic E-state index is 15.5. The Balaban J connectivity index is 0.990. The van der Waals surface area contributed by atoms with E-state index in [9.17, 15) is 9.59 Å². The van der Waals surface area contributed by atoms with Gasteiger partial charge in [-0.05, 0) is 51.4 Å². The Morgan fingerprint density at radius 1 is 0.658 bits per heavy atom. The molecule has 2 N–H and O–H groups in total. The van der Waals surface area contributed by atoms with Gasteiger partial charge in [0.05, 0.1) is 13.7 Å². The molecule has 0 radical (unpaired) electrons. The van der Waals surface area contributed by atoms with Crippen LogP contribution in [0, 0.1) is 0 Å². The number of thiophene rings is 1. The van der Waals surface area contributed by atoms with Crippen molar-refractivity contribution in [2.24, 2.45) is 5.16 Å². The summed E-state index contributed by atoms with van der Waals surface area (Å²) in [5.74, 6) is -0.863. The number of aromatic nitrogens is 1. The van der Waals surface area contributed by atoms with E-state index in [0.29, 0.717) is 28.8 Å². The van der Waals surface area contributed by atoms with E-state index in [4.69, 9.17) is 29.2 Å². The number of fused-ring (bicyclic) bond motifs is 1. The number of hydrogen-bond donors (Lipinski definition) is 2. The number of methoxy groups -OCH3 is 2. The number of nitrogens with one attached hydrogen (secondary N) is 2. The summed E-state index contributed by atoms with van der Waals surface area (Å²) in [4.78, 5) is 59.3. The molecular weight excluding hydrogens is 1050 g/mol. The average molecular weight is 1100 g/mol. The summed E-state index contributed by atoms with van der Waals surface area (Å²) < 4.78 is 16.8. The standard InChI is InChI=1S/C64H53N5O7S3/c1-73-40-54-51(37-38-77-54)52-41-78-60-56(59(71)69(60)57(52)61(72)75-39-43-33-35-50(74-2)36-34-43)66-58(70)55(68-76-64(47-27-15-6-16-28-47,48-29-17-7-18-30-48)49-31-19-8-20-32-49)53-42-79-62(65-53)67-63(44-21-9-3-10-22-44,45-23-11-4-12-24-45)46-25-13-5-14-26-46/h3-38,42,56,60H,39-41H2,1-2H3,(H,65,67)(H,66,70)/b68-55-/t56-,60-/m1/s1. The molecule has 79 heavy (non-hydrogen) atoms. The van der Waals surface area contributed by atoms with Crippen LogP contribution in [0.2, 0.25) is 0 Å². The zero-order valence-electron chi connectivity index (χ0n) is 43.1. The number of β-lactam (4-membered cyclic amide) rings is 1. The van der Waals surface area contributed by atoms with E-state index < -0.39 is 40.3 Å². The van der Waals surface area contributed by atoms with Crippen molar-refractivity contribution in [1.29, 1.82) is 0 Å². The molecule has 1 saturated heterocycles. The van der Waals surface area contributed by atoms with Gasteiger partial charge in [0.1, 0.15) is 40.7 Å². The molecule has 15 heteroatoms. The Labute approximate surface area is 470 Å². The summed E-state index contributed by atoms with van der Waals surface area (Å²) in [7, 11) is 3.20. The van der Waals surface area contributed by atoms with Crippen molar-refractivity contribution < 1.29 is 33.4 Å². The van der Waals surface area contributed by atoms with Gasteiger partial charge in [0.15, 0.2) is 10.8 Å². The third-order valence-electron chi connectivity index (χ3n) is 14.0. The van der Waals surface area contributed by atoms with Crippen molar-refractivity contribution >= 4 is 68.6 Å². The van der Waals surface area contributed by atoms with Crippen molar-refractivity contribution in [3.05, 3.63) is 284 Å². The molecule has 0 aliphatic carbocycles. The Morgan fingerprint density at radius 2 is 1.18 bits per heavy atom. The first-order valence-corrected chi connectivity index (χ1v) is 28.3. The van der Waals surface area contributed by atoms with E-state index >= 15 is 4.79 Å². The SMILES string of the molecule is COCc1sccc1C1=C(C(=O)OCc2ccc(OC)cc2)N2C(=O)[C@@H](NC(=O)/C(=N\OC(c3ccccc3)(c3ccccc3)c3ccccc3)c3csc(NC(c4ccccc4)(c4ccccc4)c4ccccc4)n3)[C@H]2SC1. The highest BCUT2D eigenvalue weighted by atomic mass is 32.2. The average Bonchev–Trinajstić information content (AvgIpc) is 4.36. The molecule has 0 spiro atoms. The van der Waals surface area contributed by atoms with Gasteiger partial charge >= 0.3 is 5.97 Å². The van der Waals surface area contributed by atoms with Gasteiger partial charge in [-0.15, -0.1) is 34.4 Å². The van der Waals surface area contributed by atoms with Gasteiger partial charge in [-0.2, -0.15) is 0 Å². The monoisotopic (exact) mass is 1100 g/mol. The second-order valence-corrected chi connectivity index (χ2v) is 21.6. The number of rotatable bonds is 20. The van der Waals surface area contributed by atoms with Crippen LogP contribution in [0.3, 0.4) is 0 Å². The number of hydrogen-bond acceptors (Lipinski definition) is 13. The van der Waals surface area contributed by atoms with E-state index in [-0.39, 0.29) is 23.7 Å². The third-order valence-corrected chi connectivity index (χ3v) is 16.9. The van der Waals surface area contributed by atoms with Gasteiger partial charge in [-0.25, -0.2) is 9.78 Å². The summed E-state index contributed by atoms with van der Waals surface area (Å²) in [6.45, 7) is 0.271. The highest BCUT2D eigenvalue weighted by molar-refractivity contribution is 8.00. The van der Waals surface area contributed by atoms with Gasteiger partial charge in [0.25, 0.3) is 11.8 Å². The number of thioether (sulfide) groups is 1. The molecule has 7 aromatic carbocycles. The van der Waals surface area contributed by atoms with E-state index in [2.05, 4.69) is 47.0 Å². The quantitative estimate of drug-likeness (QED) is 0.0249.